The summed E-state index contributed by atoms with van der Waals surface area (Å²) in [5.74, 6) is -0.538. The standard InChI is InChI=1S/C11H9N3O5/c1-2-9(15)18-11-12-10(13-19-11)7-5-3-4-6-8(7)14(16)17/h3-6H,2H2,1H3. The fourth-order valence-corrected chi connectivity index (χ4v) is 1.35. The zero-order valence-electron chi connectivity index (χ0n) is 9.90. The van der Waals surface area contributed by atoms with E-state index < -0.39 is 10.9 Å². The largest absolute Gasteiger partial charge is 0.425 e. The number of carbonyl (C=O) groups is 1. The highest BCUT2D eigenvalue weighted by Crippen LogP contribution is 2.28. The van der Waals surface area contributed by atoms with Crippen LogP contribution in [0.5, 0.6) is 6.08 Å². The molecule has 0 N–H and O–H groups in total. The van der Waals surface area contributed by atoms with Crippen LogP contribution >= 0.6 is 0 Å². The molecule has 2 aromatic rings. The van der Waals surface area contributed by atoms with Gasteiger partial charge in [0.2, 0.25) is 5.82 Å². The van der Waals surface area contributed by atoms with Crippen LogP contribution in [0.4, 0.5) is 5.69 Å². The molecule has 0 saturated carbocycles. The summed E-state index contributed by atoms with van der Waals surface area (Å²) in [6.45, 7) is 1.61. The van der Waals surface area contributed by atoms with E-state index in [1.54, 1.807) is 13.0 Å². The minimum Gasteiger partial charge on any atom is -0.376 e. The van der Waals surface area contributed by atoms with Crippen LogP contribution < -0.4 is 4.74 Å². The Bertz CT molecular complexity index is 622. The molecule has 1 heterocycles. The lowest BCUT2D eigenvalue weighted by Gasteiger charge is -1.96. The number of esters is 1. The third-order valence-electron chi connectivity index (χ3n) is 2.24. The summed E-state index contributed by atoms with van der Waals surface area (Å²) in [5, 5.41) is 14.4. The summed E-state index contributed by atoms with van der Waals surface area (Å²) < 4.78 is 9.42. The predicted molar refractivity (Wildman–Crippen MR) is 62.3 cm³/mol. The normalized spacial score (nSPS) is 10.2. The van der Waals surface area contributed by atoms with Crippen molar-refractivity contribution < 1.29 is 19.0 Å². The van der Waals surface area contributed by atoms with E-state index in [4.69, 9.17) is 9.26 Å². The second-order valence-corrected chi connectivity index (χ2v) is 3.49. The van der Waals surface area contributed by atoms with E-state index in [1.807, 2.05) is 0 Å². The fraction of sp³-hybridized carbons (Fsp3) is 0.182. The van der Waals surface area contributed by atoms with Crippen LogP contribution in [-0.2, 0) is 4.79 Å². The second-order valence-electron chi connectivity index (χ2n) is 3.49. The van der Waals surface area contributed by atoms with Crippen molar-refractivity contribution >= 4 is 11.7 Å². The molecule has 0 saturated heterocycles. The molecule has 0 atom stereocenters. The monoisotopic (exact) mass is 263 g/mol. The number of para-hydroxylation sites is 1. The Labute approximate surface area is 107 Å². The van der Waals surface area contributed by atoms with Crippen molar-refractivity contribution in [1.82, 2.24) is 10.1 Å². The number of rotatable bonds is 4. The SMILES string of the molecule is CCC(=O)Oc1nc(-c2ccccc2[N+](=O)[O-])no1. The van der Waals surface area contributed by atoms with Crippen molar-refractivity contribution in [1.29, 1.82) is 0 Å². The molecule has 0 spiro atoms. The first-order valence-electron chi connectivity index (χ1n) is 5.40. The number of nitrogens with zero attached hydrogens (tertiary/aromatic N) is 3. The predicted octanol–water partition coefficient (Wildman–Crippen LogP) is 1.96. The minimum atomic E-state index is -0.552. The summed E-state index contributed by atoms with van der Waals surface area (Å²) >= 11 is 0. The lowest BCUT2D eigenvalue weighted by molar-refractivity contribution is -0.384. The molecule has 8 nitrogen and oxygen atoms in total. The molecule has 2 rings (SSSR count). The number of carbonyl (C=O) groups excluding carboxylic acids is 1. The number of hydrogen-bond donors (Lipinski definition) is 0. The molecule has 19 heavy (non-hydrogen) atoms. The number of hydrogen-bond acceptors (Lipinski definition) is 7. The van der Waals surface area contributed by atoms with Crippen LogP contribution in [0.25, 0.3) is 11.4 Å². The first-order valence-corrected chi connectivity index (χ1v) is 5.40. The summed E-state index contributed by atoms with van der Waals surface area (Å²) in [6.07, 6.45) is -0.177. The summed E-state index contributed by atoms with van der Waals surface area (Å²) in [5.41, 5.74) is 0.0340. The number of nitro benzene ring substituents is 1. The van der Waals surface area contributed by atoms with Crippen LogP contribution in [0, 0.1) is 10.1 Å². The van der Waals surface area contributed by atoms with Gasteiger partial charge in [-0.3, -0.25) is 19.4 Å². The molecular formula is C11H9N3O5. The van der Waals surface area contributed by atoms with E-state index in [1.165, 1.54) is 18.2 Å². The summed E-state index contributed by atoms with van der Waals surface area (Å²) in [7, 11) is 0. The van der Waals surface area contributed by atoms with Crippen LogP contribution in [0.1, 0.15) is 13.3 Å². The van der Waals surface area contributed by atoms with E-state index in [0.717, 1.165) is 0 Å². The van der Waals surface area contributed by atoms with Crippen molar-refractivity contribution in [3.63, 3.8) is 0 Å². The molecule has 1 aromatic carbocycles. The fourth-order valence-electron chi connectivity index (χ4n) is 1.35. The Balaban J connectivity index is 2.33. The maximum atomic E-state index is 11.0. The summed E-state index contributed by atoms with van der Waals surface area (Å²) in [6, 6.07) is 5.94. The van der Waals surface area contributed by atoms with E-state index in [9.17, 15) is 14.9 Å². The van der Waals surface area contributed by atoms with Gasteiger partial charge in [0.05, 0.1) is 4.92 Å². The lowest BCUT2D eigenvalue weighted by atomic mass is 10.2. The lowest BCUT2D eigenvalue weighted by Crippen LogP contribution is -2.05. The van der Waals surface area contributed by atoms with Crippen LogP contribution in [-0.4, -0.2) is 21.0 Å². The molecular weight excluding hydrogens is 254 g/mol. The molecule has 0 radical (unpaired) electrons. The van der Waals surface area contributed by atoms with Gasteiger partial charge in [0, 0.05) is 12.5 Å². The van der Waals surface area contributed by atoms with Crippen LogP contribution in [0.3, 0.4) is 0 Å². The van der Waals surface area contributed by atoms with Gasteiger partial charge in [0.15, 0.2) is 0 Å². The van der Waals surface area contributed by atoms with E-state index in [0.29, 0.717) is 0 Å². The van der Waals surface area contributed by atoms with E-state index in [2.05, 4.69) is 10.1 Å². The molecule has 0 aliphatic heterocycles. The Morgan fingerprint density at radius 3 is 2.89 bits per heavy atom. The van der Waals surface area contributed by atoms with Crippen molar-refractivity contribution in [2.45, 2.75) is 13.3 Å². The van der Waals surface area contributed by atoms with Crippen molar-refractivity contribution in [2.24, 2.45) is 0 Å². The van der Waals surface area contributed by atoms with Gasteiger partial charge >= 0.3 is 12.0 Å². The quantitative estimate of drug-likeness (QED) is 0.471. The van der Waals surface area contributed by atoms with Crippen molar-refractivity contribution in [3.05, 3.63) is 34.4 Å². The van der Waals surface area contributed by atoms with Gasteiger partial charge in [-0.25, -0.2) is 0 Å². The molecule has 0 aliphatic rings. The van der Waals surface area contributed by atoms with Crippen LogP contribution in [0.2, 0.25) is 0 Å². The zero-order valence-corrected chi connectivity index (χ0v) is 9.90. The van der Waals surface area contributed by atoms with Gasteiger partial charge in [-0.1, -0.05) is 24.2 Å². The average Bonchev–Trinajstić information content (AvgIpc) is 2.86. The first kappa shape index (κ1) is 12.7. The number of nitro groups is 1. The van der Waals surface area contributed by atoms with Gasteiger partial charge < -0.3 is 4.74 Å². The van der Waals surface area contributed by atoms with Gasteiger partial charge in [0.1, 0.15) is 5.56 Å². The highest BCUT2D eigenvalue weighted by molar-refractivity contribution is 5.71. The topological polar surface area (TPSA) is 108 Å². The zero-order chi connectivity index (χ0) is 13.8. The number of ether oxygens (including phenoxy) is 1. The molecule has 1 aromatic heterocycles. The van der Waals surface area contributed by atoms with E-state index >= 15 is 0 Å². The molecule has 0 unspecified atom stereocenters. The Hall–Kier alpha value is -2.77. The Kier molecular flexibility index (Phi) is 3.51. The number of benzene rings is 1. The third kappa shape index (κ3) is 2.73. The van der Waals surface area contributed by atoms with Gasteiger partial charge in [-0.05, 0) is 6.07 Å². The molecule has 0 bridgehead atoms. The van der Waals surface area contributed by atoms with Crippen molar-refractivity contribution in [3.8, 4) is 17.5 Å². The second kappa shape index (κ2) is 5.25. The van der Waals surface area contributed by atoms with Gasteiger partial charge in [-0.2, -0.15) is 4.98 Å². The smallest absolute Gasteiger partial charge is 0.376 e. The number of aromatic nitrogens is 2. The minimum absolute atomic E-state index is 0.00815. The Morgan fingerprint density at radius 1 is 1.47 bits per heavy atom. The highest BCUT2D eigenvalue weighted by atomic mass is 16.7. The molecule has 8 heteroatoms. The Morgan fingerprint density at radius 2 is 2.21 bits per heavy atom. The first-order chi connectivity index (χ1) is 9.11. The van der Waals surface area contributed by atoms with Crippen molar-refractivity contribution in [2.75, 3.05) is 0 Å². The molecule has 0 fully saturated rings. The summed E-state index contributed by atoms with van der Waals surface area (Å²) in [4.78, 5) is 25.1. The maximum Gasteiger partial charge on any atom is 0.425 e. The molecule has 0 amide bonds. The van der Waals surface area contributed by atoms with E-state index in [-0.39, 0.29) is 29.6 Å². The van der Waals surface area contributed by atoms with Crippen LogP contribution in [0.15, 0.2) is 28.8 Å². The molecule has 98 valence electrons. The molecule has 0 aliphatic carbocycles. The third-order valence-corrected chi connectivity index (χ3v) is 2.24. The van der Waals surface area contributed by atoms with Gasteiger partial charge in [-0.15, -0.1) is 0 Å². The average molecular weight is 263 g/mol. The highest BCUT2D eigenvalue weighted by Gasteiger charge is 2.20. The van der Waals surface area contributed by atoms with Gasteiger partial charge in [0.25, 0.3) is 5.69 Å². The maximum absolute atomic E-state index is 11.0.